The van der Waals surface area contributed by atoms with E-state index in [2.05, 4.69) is 70.5 Å². The van der Waals surface area contributed by atoms with Crippen molar-refractivity contribution in [3.63, 3.8) is 0 Å². The molecule has 0 spiro atoms. The number of fused-ring (bicyclic) bond motifs is 2. The van der Waals surface area contributed by atoms with Crippen molar-refractivity contribution < 1.29 is 9.53 Å². The van der Waals surface area contributed by atoms with Crippen molar-refractivity contribution in [2.45, 2.75) is 57.8 Å². The van der Waals surface area contributed by atoms with E-state index in [1.54, 1.807) is 7.11 Å². The molecule has 38 heavy (non-hydrogen) atoms. The Balaban J connectivity index is 1.44. The molecule has 0 aliphatic carbocycles. The summed E-state index contributed by atoms with van der Waals surface area (Å²) in [5.41, 5.74) is 4.61. The molecule has 3 aromatic rings. The first kappa shape index (κ1) is 26.5. The van der Waals surface area contributed by atoms with Crippen molar-refractivity contribution in [1.82, 2.24) is 14.7 Å². The Morgan fingerprint density at radius 3 is 2.34 bits per heavy atom. The van der Waals surface area contributed by atoms with Gasteiger partial charge in [-0.15, -0.1) is 0 Å². The maximum atomic E-state index is 13.0. The molecule has 3 aromatic carbocycles. The van der Waals surface area contributed by atoms with Crippen LogP contribution in [0.15, 0.2) is 78.9 Å². The molecule has 5 nitrogen and oxygen atoms in total. The normalized spacial score (nSPS) is 20.6. The molecule has 2 heterocycles. The molecule has 2 saturated heterocycles. The number of ether oxygens (including phenoxy) is 1. The quantitative estimate of drug-likeness (QED) is 0.353. The Bertz CT molecular complexity index is 1190. The lowest BCUT2D eigenvalue weighted by Crippen LogP contribution is -2.40. The summed E-state index contributed by atoms with van der Waals surface area (Å²) in [7, 11) is 1.73. The van der Waals surface area contributed by atoms with Crippen molar-refractivity contribution in [2.75, 3.05) is 33.3 Å². The van der Waals surface area contributed by atoms with E-state index in [1.807, 2.05) is 36.9 Å². The van der Waals surface area contributed by atoms with Crippen LogP contribution in [-0.2, 0) is 6.54 Å². The number of hydrogen-bond acceptors (Lipinski definition) is 4. The second-order valence-electron chi connectivity index (χ2n) is 10.6. The van der Waals surface area contributed by atoms with Crippen molar-refractivity contribution in [3.05, 3.63) is 101 Å². The second-order valence-corrected chi connectivity index (χ2v) is 10.6. The fourth-order valence-corrected chi connectivity index (χ4v) is 6.41. The summed E-state index contributed by atoms with van der Waals surface area (Å²) in [5, 5.41) is 0. The number of rotatable bonds is 9. The molecule has 5 rings (SSSR count). The molecule has 3 unspecified atom stereocenters. The molecule has 2 aliphatic heterocycles. The molecule has 2 fully saturated rings. The zero-order chi connectivity index (χ0) is 26.5. The Morgan fingerprint density at radius 1 is 0.895 bits per heavy atom. The lowest BCUT2D eigenvalue weighted by molar-refractivity contribution is 0.0773. The van der Waals surface area contributed by atoms with E-state index in [4.69, 9.17) is 4.74 Å². The first-order valence-electron chi connectivity index (χ1n) is 14.2. The molecule has 0 N–H and O–H groups in total. The van der Waals surface area contributed by atoms with Gasteiger partial charge in [0.1, 0.15) is 5.75 Å². The maximum absolute atomic E-state index is 13.0. The molecule has 1 amide bonds. The van der Waals surface area contributed by atoms with Crippen molar-refractivity contribution in [1.29, 1.82) is 0 Å². The molecule has 200 valence electrons. The van der Waals surface area contributed by atoms with Crippen LogP contribution in [0.3, 0.4) is 0 Å². The number of methoxy groups -OCH3 is 1. The fraction of sp³-hybridized carbons (Fsp3) is 0.424. The zero-order valence-corrected chi connectivity index (χ0v) is 23.1. The predicted molar refractivity (Wildman–Crippen MR) is 154 cm³/mol. The Morgan fingerprint density at radius 2 is 1.63 bits per heavy atom. The summed E-state index contributed by atoms with van der Waals surface area (Å²) in [6.45, 7) is 8.61. The average molecular weight is 512 g/mol. The first-order valence-corrected chi connectivity index (χ1v) is 14.2. The molecule has 2 bridgehead atoms. The topological polar surface area (TPSA) is 36.0 Å². The summed E-state index contributed by atoms with van der Waals surface area (Å²) >= 11 is 0. The van der Waals surface area contributed by atoms with Crippen LogP contribution < -0.4 is 4.74 Å². The second kappa shape index (κ2) is 12.1. The lowest BCUT2D eigenvalue weighted by atomic mass is 9.94. The molecule has 0 radical (unpaired) electrons. The minimum atomic E-state index is 0.100. The highest BCUT2D eigenvalue weighted by molar-refractivity contribution is 5.94. The van der Waals surface area contributed by atoms with Crippen molar-refractivity contribution in [2.24, 2.45) is 0 Å². The number of nitrogens with zero attached hydrogens (tertiary/aromatic N) is 3. The minimum absolute atomic E-state index is 0.100. The molecular weight excluding hydrogens is 470 g/mol. The van der Waals surface area contributed by atoms with E-state index in [0.29, 0.717) is 12.1 Å². The van der Waals surface area contributed by atoms with Crippen LogP contribution >= 0.6 is 0 Å². The van der Waals surface area contributed by atoms with Crippen LogP contribution in [0, 0.1) is 0 Å². The zero-order valence-electron chi connectivity index (χ0n) is 23.1. The van der Waals surface area contributed by atoms with Gasteiger partial charge in [0.25, 0.3) is 5.91 Å². The number of likely N-dealkylation sites (tertiary alicyclic amines) is 1. The smallest absolute Gasteiger partial charge is 0.253 e. The van der Waals surface area contributed by atoms with Crippen LogP contribution in [0.25, 0.3) is 0 Å². The minimum Gasteiger partial charge on any atom is -0.497 e. The van der Waals surface area contributed by atoms with Gasteiger partial charge in [0.05, 0.1) is 13.2 Å². The molecule has 0 saturated carbocycles. The van der Waals surface area contributed by atoms with Gasteiger partial charge in [-0.3, -0.25) is 14.6 Å². The van der Waals surface area contributed by atoms with Gasteiger partial charge < -0.3 is 9.64 Å². The highest BCUT2D eigenvalue weighted by atomic mass is 16.5. The van der Waals surface area contributed by atoms with E-state index in [0.717, 1.165) is 44.0 Å². The third kappa shape index (κ3) is 5.64. The number of hydrogen-bond donors (Lipinski definition) is 0. The van der Waals surface area contributed by atoms with Crippen molar-refractivity contribution in [3.8, 4) is 5.75 Å². The third-order valence-corrected chi connectivity index (χ3v) is 8.47. The Hall–Kier alpha value is -3.15. The van der Waals surface area contributed by atoms with Gasteiger partial charge in [0.2, 0.25) is 0 Å². The lowest BCUT2D eigenvalue weighted by Gasteiger charge is -2.35. The van der Waals surface area contributed by atoms with E-state index in [-0.39, 0.29) is 11.9 Å². The summed E-state index contributed by atoms with van der Waals surface area (Å²) in [6.07, 6.45) is 3.70. The standard InChI is InChI=1S/C33H41N3O2/c1-4-34(5-2)33(37)27-16-14-26(15-17-27)32(28-12-9-13-31(22-28)38-3)35-21-20-29-18-19-30(24-35)36(29)23-25-10-7-6-8-11-25/h6-17,22,29-30,32H,4-5,18-21,23-24H2,1-3H3. The highest BCUT2D eigenvalue weighted by Gasteiger charge is 2.39. The van der Waals surface area contributed by atoms with Gasteiger partial charge in [-0.05, 0) is 74.1 Å². The van der Waals surface area contributed by atoms with Crippen molar-refractivity contribution >= 4 is 5.91 Å². The summed E-state index contributed by atoms with van der Waals surface area (Å²) in [6, 6.07) is 29.0. The third-order valence-electron chi connectivity index (χ3n) is 8.47. The van der Waals surface area contributed by atoms with E-state index in [1.165, 1.54) is 36.0 Å². The largest absolute Gasteiger partial charge is 0.497 e. The number of amides is 1. The molecule has 3 atom stereocenters. The fourth-order valence-electron chi connectivity index (χ4n) is 6.41. The summed E-state index contributed by atoms with van der Waals surface area (Å²) in [4.78, 5) is 20.2. The number of carbonyl (C=O) groups excluding carboxylic acids is 1. The Labute approximate surface area is 228 Å². The van der Waals surface area contributed by atoms with Gasteiger partial charge >= 0.3 is 0 Å². The van der Waals surface area contributed by atoms with Crippen LogP contribution in [0.2, 0.25) is 0 Å². The van der Waals surface area contributed by atoms with Gasteiger partial charge in [-0.1, -0.05) is 54.6 Å². The maximum Gasteiger partial charge on any atom is 0.253 e. The molecule has 0 aromatic heterocycles. The monoisotopic (exact) mass is 511 g/mol. The molecule has 5 heteroatoms. The summed E-state index contributed by atoms with van der Waals surface area (Å²) in [5.74, 6) is 0.978. The van der Waals surface area contributed by atoms with Crippen LogP contribution in [-0.4, -0.2) is 66.0 Å². The number of carbonyl (C=O) groups is 1. The SMILES string of the molecule is CCN(CC)C(=O)c1ccc(C(c2cccc(OC)c2)N2CCC3CCC(C2)N3Cc2ccccc2)cc1. The number of benzene rings is 3. The van der Waals surface area contributed by atoms with Gasteiger partial charge in [0.15, 0.2) is 0 Å². The molecule has 2 aliphatic rings. The van der Waals surface area contributed by atoms with Gasteiger partial charge in [-0.2, -0.15) is 0 Å². The summed E-state index contributed by atoms with van der Waals surface area (Å²) < 4.78 is 5.61. The van der Waals surface area contributed by atoms with Crippen LogP contribution in [0.1, 0.15) is 66.2 Å². The van der Waals surface area contributed by atoms with Gasteiger partial charge in [0, 0.05) is 50.4 Å². The molecular formula is C33H41N3O2. The van der Waals surface area contributed by atoms with E-state index in [9.17, 15) is 4.79 Å². The first-order chi connectivity index (χ1) is 18.6. The van der Waals surface area contributed by atoms with E-state index < -0.39 is 0 Å². The Kier molecular flexibility index (Phi) is 8.45. The van der Waals surface area contributed by atoms with Crippen LogP contribution in [0.4, 0.5) is 0 Å². The van der Waals surface area contributed by atoms with E-state index >= 15 is 0 Å². The van der Waals surface area contributed by atoms with Gasteiger partial charge in [-0.25, -0.2) is 0 Å². The van der Waals surface area contributed by atoms with Crippen LogP contribution in [0.5, 0.6) is 5.75 Å². The highest BCUT2D eigenvalue weighted by Crippen LogP contribution is 2.38. The predicted octanol–water partition coefficient (Wildman–Crippen LogP) is 6.01. The average Bonchev–Trinajstić information content (AvgIpc) is 3.24.